The van der Waals surface area contributed by atoms with Crippen LogP contribution in [-0.4, -0.2) is 28.5 Å². The molecule has 1 aliphatic rings. The molecule has 0 aromatic carbocycles. The van der Waals surface area contributed by atoms with E-state index < -0.39 is 0 Å². The summed E-state index contributed by atoms with van der Waals surface area (Å²) in [5.41, 5.74) is 5.29. The van der Waals surface area contributed by atoms with Crippen molar-refractivity contribution in [3.05, 3.63) is 17.5 Å². The molecule has 5 heteroatoms. The van der Waals surface area contributed by atoms with Gasteiger partial charge in [-0.2, -0.15) is 5.10 Å². The molecule has 1 fully saturated rings. The molecular formula is C16H30N4O. The number of methoxy groups -OCH3 is 1. The first-order valence-corrected chi connectivity index (χ1v) is 8.26. The van der Waals surface area contributed by atoms with Gasteiger partial charge in [-0.3, -0.25) is 16.0 Å². The lowest BCUT2D eigenvalue weighted by Crippen LogP contribution is -2.56. The van der Waals surface area contributed by atoms with Crippen molar-refractivity contribution in [2.24, 2.45) is 5.84 Å². The van der Waals surface area contributed by atoms with Gasteiger partial charge < -0.3 is 4.74 Å². The maximum absolute atomic E-state index is 5.94. The molecule has 0 bridgehead atoms. The second kappa shape index (κ2) is 7.38. The van der Waals surface area contributed by atoms with Crippen LogP contribution < -0.4 is 11.3 Å². The molecule has 0 amide bonds. The molecule has 1 aromatic rings. The van der Waals surface area contributed by atoms with Crippen molar-refractivity contribution in [3.63, 3.8) is 0 Å². The summed E-state index contributed by atoms with van der Waals surface area (Å²) in [5, 5.41) is 4.64. The van der Waals surface area contributed by atoms with Crippen LogP contribution in [0.1, 0.15) is 57.3 Å². The Labute approximate surface area is 128 Å². The first kappa shape index (κ1) is 16.5. The zero-order valence-corrected chi connectivity index (χ0v) is 13.7. The molecule has 21 heavy (non-hydrogen) atoms. The first-order chi connectivity index (χ1) is 10.2. The van der Waals surface area contributed by atoms with Crippen molar-refractivity contribution in [1.29, 1.82) is 0 Å². The molecule has 1 heterocycles. The number of hydrogen-bond acceptors (Lipinski definition) is 4. The Morgan fingerprint density at radius 2 is 2.10 bits per heavy atom. The third kappa shape index (κ3) is 3.47. The lowest BCUT2D eigenvalue weighted by atomic mass is 9.77. The fourth-order valence-electron chi connectivity index (χ4n) is 3.58. The number of hydrogen-bond donors (Lipinski definition) is 2. The molecule has 3 N–H and O–H groups in total. The van der Waals surface area contributed by atoms with Crippen LogP contribution in [0.25, 0.3) is 0 Å². The summed E-state index contributed by atoms with van der Waals surface area (Å²) in [6.07, 6.45) is 7.74. The number of nitrogens with one attached hydrogen (secondary N) is 1. The number of hydrazine groups is 1. The zero-order valence-electron chi connectivity index (χ0n) is 13.7. The van der Waals surface area contributed by atoms with Crippen LogP contribution in [0, 0.1) is 0 Å². The van der Waals surface area contributed by atoms with E-state index in [1.807, 2.05) is 7.11 Å². The van der Waals surface area contributed by atoms with Gasteiger partial charge in [0.15, 0.2) is 0 Å². The Balaban J connectivity index is 2.19. The van der Waals surface area contributed by atoms with Crippen LogP contribution in [0.4, 0.5) is 0 Å². The maximum atomic E-state index is 5.94. The standard InChI is InChI=1S/C16H30N4O/c1-4-13-11-14(20(5-2)19-13)12-15(18-17)16(21-3)9-7-6-8-10-16/h11,15,18H,4-10,12,17H2,1-3H3. The quantitative estimate of drug-likeness (QED) is 0.597. The van der Waals surface area contributed by atoms with Crippen LogP contribution in [0.15, 0.2) is 6.07 Å². The highest BCUT2D eigenvalue weighted by Gasteiger charge is 2.40. The topological polar surface area (TPSA) is 65.1 Å². The van der Waals surface area contributed by atoms with Gasteiger partial charge in [-0.15, -0.1) is 0 Å². The molecule has 1 aromatic heterocycles. The Morgan fingerprint density at radius 1 is 1.38 bits per heavy atom. The summed E-state index contributed by atoms with van der Waals surface area (Å²) in [5.74, 6) is 5.88. The van der Waals surface area contributed by atoms with Gasteiger partial charge >= 0.3 is 0 Å². The van der Waals surface area contributed by atoms with Crippen molar-refractivity contribution >= 4 is 0 Å². The largest absolute Gasteiger partial charge is 0.377 e. The molecule has 0 spiro atoms. The summed E-state index contributed by atoms with van der Waals surface area (Å²) in [4.78, 5) is 0. The minimum atomic E-state index is -0.137. The highest BCUT2D eigenvalue weighted by Crippen LogP contribution is 2.35. The smallest absolute Gasteiger partial charge is 0.0848 e. The molecule has 120 valence electrons. The molecule has 1 atom stereocenters. The molecule has 0 saturated heterocycles. The van der Waals surface area contributed by atoms with Gasteiger partial charge in [0.05, 0.1) is 17.3 Å². The van der Waals surface area contributed by atoms with E-state index >= 15 is 0 Å². The molecule has 1 aliphatic carbocycles. The predicted molar refractivity (Wildman–Crippen MR) is 84.9 cm³/mol. The zero-order chi connectivity index (χ0) is 15.3. The SMILES string of the molecule is CCc1cc(CC(NN)C2(OC)CCCCC2)n(CC)n1. The first-order valence-electron chi connectivity index (χ1n) is 8.26. The van der Waals surface area contributed by atoms with E-state index in [2.05, 4.69) is 35.1 Å². The van der Waals surface area contributed by atoms with E-state index in [0.717, 1.165) is 37.9 Å². The lowest BCUT2D eigenvalue weighted by molar-refractivity contribution is -0.0677. The van der Waals surface area contributed by atoms with E-state index in [1.54, 1.807) is 0 Å². The Hall–Kier alpha value is -0.910. The van der Waals surface area contributed by atoms with Crippen LogP contribution in [0.2, 0.25) is 0 Å². The summed E-state index contributed by atoms with van der Waals surface area (Å²) < 4.78 is 8.03. The van der Waals surface area contributed by atoms with E-state index in [4.69, 9.17) is 10.6 Å². The third-order valence-corrected chi connectivity index (χ3v) is 4.93. The summed E-state index contributed by atoms with van der Waals surface area (Å²) in [6, 6.07) is 2.34. The summed E-state index contributed by atoms with van der Waals surface area (Å²) in [7, 11) is 1.82. The number of aromatic nitrogens is 2. The van der Waals surface area contributed by atoms with Gasteiger partial charge in [0.1, 0.15) is 0 Å². The summed E-state index contributed by atoms with van der Waals surface area (Å²) in [6.45, 7) is 5.17. The molecule has 5 nitrogen and oxygen atoms in total. The number of aryl methyl sites for hydroxylation is 2. The minimum absolute atomic E-state index is 0.134. The Bertz CT molecular complexity index is 437. The van der Waals surface area contributed by atoms with E-state index in [-0.39, 0.29) is 11.6 Å². The lowest BCUT2D eigenvalue weighted by Gasteiger charge is -2.42. The van der Waals surface area contributed by atoms with Crippen molar-refractivity contribution in [3.8, 4) is 0 Å². The number of nitrogens with zero attached hydrogens (tertiary/aromatic N) is 2. The highest BCUT2D eigenvalue weighted by molar-refractivity contribution is 5.14. The van der Waals surface area contributed by atoms with Crippen molar-refractivity contribution in [1.82, 2.24) is 15.2 Å². The van der Waals surface area contributed by atoms with Crippen LogP contribution in [-0.2, 0) is 24.1 Å². The van der Waals surface area contributed by atoms with Crippen LogP contribution in [0.3, 0.4) is 0 Å². The Morgan fingerprint density at radius 3 is 2.62 bits per heavy atom. The van der Waals surface area contributed by atoms with Crippen LogP contribution in [0.5, 0.6) is 0 Å². The van der Waals surface area contributed by atoms with E-state index in [0.29, 0.717) is 0 Å². The summed E-state index contributed by atoms with van der Waals surface area (Å²) >= 11 is 0. The van der Waals surface area contributed by atoms with Gasteiger partial charge in [-0.25, -0.2) is 0 Å². The van der Waals surface area contributed by atoms with Gasteiger partial charge in [-0.1, -0.05) is 26.2 Å². The van der Waals surface area contributed by atoms with E-state index in [1.165, 1.54) is 25.0 Å². The second-order valence-corrected chi connectivity index (χ2v) is 6.05. The number of rotatable bonds is 7. The highest BCUT2D eigenvalue weighted by atomic mass is 16.5. The van der Waals surface area contributed by atoms with Crippen molar-refractivity contribution in [2.75, 3.05) is 7.11 Å². The minimum Gasteiger partial charge on any atom is -0.377 e. The monoisotopic (exact) mass is 294 g/mol. The van der Waals surface area contributed by atoms with Gasteiger partial charge in [0.25, 0.3) is 0 Å². The fourth-order valence-corrected chi connectivity index (χ4v) is 3.58. The molecule has 1 saturated carbocycles. The molecule has 0 aliphatic heterocycles. The average Bonchev–Trinajstić information content (AvgIpc) is 2.95. The fraction of sp³-hybridized carbons (Fsp3) is 0.812. The molecule has 1 unspecified atom stereocenters. The number of ether oxygens (including phenoxy) is 1. The maximum Gasteiger partial charge on any atom is 0.0848 e. The van der Waals surface area contributed by atoms with Gasteiger partial charge in [0, 0.05) is 25.8 Å². The van der Waals surface area contributed by atoms with E-state index in [9.17, 15) is 0 Å². The Kier molecular flexibility index (Phi) is 5.79. The predicted octanol–water partition coefficient (Wildman–Crippen LogP) is 2.19. The molecule has 0 radical (unpaired) electrons. The van der Waals surface area contributed by atoms with Crippen molar-refractivity contribution < 1.29 is 4.74 Å². The van der Waals surface area contributed by atoms with Crippen molar-refractivity contribution in [2.45, 2.75) is 77.0 Å². The second-order valence-electron chi connectivity index (χ2n) is 6.05. The van der Waals surface area contributed by atoms with Gasteiger partial charge in [0.2, 0.25) is 0 Å². The normalized spacial score (nSPS) is 19.6. The average molecular weight is 294 g/mol. The van der Waals surface area contributed by atoms with Gasteiger partial charge in [-0.05, 0) is 32.3 Å². The molecule has 2 rings (SSSR count). The molecular weight excluding hydrogens is 264 g/mol. The van der Waals surface area contributed by atoms with Crippen LogP contribution >= 0.6 is 0 Å². The third-order valence-electron chi connectivity index (χ3n) is 4.93. The number of nitrogens with two attached hydrogens (primary N) is 1.